The lowest BCUT2D eigenvalue weighted by molar-refractivity contribution is -0.137. The topological polar surface area (TPSA) is 40.6 Å². The van der Waals surface area contributed by atoms with Crippen LogP contribution in [0.4, 0.5) is 18.9 Å². The molecule has 0 aliphatic carbocycles. The fraction of sp³-hybridized carbons (Fsp3) is 0.250. The molecule has 1 aliphatic rings. The first-order valence-corrected chi connectivity index (χ1v) is 10.0. The summed E-state index contributed by atoms with van der Waals surface area (Å²) in [6, 6.07) is 17.9. The maximum absolute atomic E-state index is 13.3. The first-order chi connectivity index (χ1) is 14.8. The molecule has 4 rings (SSSR count). The Labute approximate surface area is 177 Å². The summed E-state index contributed by atoms with van der Waals surface area (Å²) >= 11 is 0. The predicted molar refractivity (Wildman–Crippen MR) is 112 cm³/mol. The van der Waals surface area contributed by atoms with Crippen LogP contribution in [0.1, 0.15) is 24.0 Å². The lowest BCUT2D eigenvalue weighted by Gasteiger charge is -2.29. The first kappa shape index (κ1) is 20.9. The highest BCUT2D eigenvalue weighted by Crippen LogP contribution is 2.32. The molecule has 0 unspecified atom stereocenters. The zero-order valence-corrected chi connectivity index (χ0v) is 16.7. The molecule has 1 fully saturated rings. The number of anilines is 1. The second kappa shape index (κ2) is 8.41. The van der Waals surface area contributed by atoms with Crippen molar-refractivity contribution in [1.29, 1.82) is 0 Å². The van der Waals surface area contributed by atoms with Crippen LogP contribution in [0.15, 0.2) is 66.7 Å². The molecule has 1 saturated heterocycles. The second-order valence-electron chi connectivity index (χ2n) is 7.59. The van der Waals surface area contributed by atoms with Crippen molar-refractivity contribution >= 4 is 28.3 Å². The molecule has 0 aromatic heterocycles. The van der Waals surface area contributed by atoms with Crippen LogP contribution in [0.25, 0.3) is 10.8 Å². The molecule has 0 N–H and O–H groups in total. The zero-order chi connectivity index (χ0) is 22.0. The monoisotopic (exact) mass is 426 g/mol. The highest BCUT2D eigenvalue weighted by molar-refractivity contribution is 5.98. The average Bonchev–Trinajstić information content (AvgIpc) is 3.16. The van der Waals surface area contributed by atoms with E-state index in [4.69, 9.17) is 0 Å². The van der Waals surface area contributed by atoms with Crippen molar-refractivity contribution < 1.29 is 22.8 Å². The first-order valence-electron chi connectivity index (χ1n) is 10.0. The summed E-state index contributed by atoms with van der Waals surface area (Å²) in [7, 11) is 0. The van der Waals surface area contributed by atoms with Crippen molar-refractivity contribution in [3.05, 3.63) is 77.9 Å². The summed E-state index contributed by atoms with van der Waals surface area (Å²) in [6.45, 7) is 0.416. The minimum atomic E-state index is -4.52. The van der Waals surface area contributed by atoms with Gasteiger partial charge in [-0.2, -0.15) is 13.2 Å². The van der Waals surface area contributed by atoms with Crippen LogP contribution in [0.5, 0.6) is 0 Å². The number of amides is 2. The van der Waals surface area contributed by atoms with E-state index in [0.29, 0.717) is 19.4 Å². The van der Waals surface area contributed by atoms with Gasteiger partial charge in [0.15, 0.2) is 0 Å². The van der Waals surface area contributed by atoms with Crippen LogP contribution in [0.2, 0.25) is 0 Å². The van der Waals surface area contributed by atoms with E-state index >= 15 is 0 Å². The number of carbonyl (C=O) groups is 2. The van der Waals surface area contributed by atoms with Gasteiger partial charge in [-0.15, -0.1) is 0 Å². The SMILES string of the molecule is O=C1CCCN1CN(C(=O)Cc1cccc2ccccc12)c1cccc(C(F)(F)F)c1. The minimum Gasteiger partial charge on any atom is -0.324 e. The standard InChI is InChI=1S/C24H21F3N2O2/c25-24(26,27)19-9-4-10-20(15-19)29(16-28-13-5-12-22(28)30)23(31)14-18-8-3-7-17-6-1-2-11-21(17)18/h1-4,6-11,15H,5,12-14,16H2. The molecule has 0 saturated carbocycles. The normalized spacial score (nSPS) is 14.3. The maximum atomic E-state index is 13.3. The molecular formula is C24H21F3N2O2. The van der Waals surface area contributed by atoms with E-state index in [0.717, 1.165) is 28.5 Å². The number of hydrogen-bond acceptors (Lipinski definition) is 2. The van der Waals surface area contributed by atoms with Crippen LogP contribution in [-0.4, -0.2) is 29.9 Å². The summed E-state index contributed by atoms with van der Waals surface area (Å²) in [5.41, 5.74) is 0.0771. The lowest BCUT2D eigenvalue weighted by atomic mass is 10.0. The summed E-state index contributed by atoms with van der Waals surface area (Å²) in [5, 5.41) is 1.90. The molecule has 160 valence electrons. The van der Waals surface area contributed by atoms with Crippen LogP contribution >= 0.6 is 0 Å². The quantitative estimate of drug-likeness (QED) is 0.575. The molecule has 3 aromatic rings. The minimum absolute atomic E-state index is 0.0135. The highest BCUT2D eigenvalue weighted by atomic mass is 19.4. The van der Waals surface area contributed by atoms with Gasteiger partial charge in [0.2, 0.25) is 11.8 Å². The van der Waals surface area contributed by atoms with Gasteiger partial charge in [0.1, 0.15) is 6.67 Å². The van der Waals surface area contributed by atoms with Gasteiger partial charge < -0.3 is 4.90 Å². The zero-order valence-electron chi connectivity index (χ0n) is 16.7. The molecule has 0 spiro atoms. The molecule has 3 aromatic carbocycles. The van der Waals surface area contributed by atoms with Crippen LogP contribution in [0.3, 0.4) is 0 Å². The molecule has 0 radical (unpaired) electrons. The maximum Gasteiger partial charge on any atom is 0.416 e. The number of likely N-dealkylation sites (tertiary alicyclic amines) is 1. The van der Waals surface area contributed by atoms with Gasteiger partial charge in [-0.3, -0.25) is 14.5 Å². The van der Waals surface area contributed by atoms with Gasteiger partial charge >= 0.3 is 6.18 Å². The van der Waals surface area contributed by atoms with Crippen molar-refractivity contribution in [2.24, 2.45) is 0 Å². The third-order valence-corrected chi connectivity index (χ3v) is 5.49. The average molecular weight is 426 g/mol. The van der Waals surface area contributed by atoms with Crippen LogP contribution in [0, 0.1) is 0 Å². The fourth-order valence-corrected chi connectivity index (χ4v) is 3.88. The van der Waals surface area contributed by atoms with E-state index in [2.05, 4.69) is 0 Å². The Morgan fingerprint density at radius 1 is 1.00 bits per heavy atom. The number of rotatable bonds is 5. The Morgan fingerprint density at radius 3 is 2.48 bits per heavy atom. The summed E-state index contributed by atoms with van der Waals surface area (Å²) < 4.78 is 39.8. The Bertz CT molecular complexity index is 1120. The van der Waals surface area contributed by atoms with Crippen molar-refractivity contribution in [3.63, 3.8) is 0 Å². The Morgan fingerprint density at radius 2 is 1.74 bits per heavy atom. The second-order valence-corrected chi connectivity index (χ2v) is 7.59. The van der Waals surface area contributed by atoms with Gasteiger partial charge in [-0.1, -0.05) is 48.5 Å². The molecular weight excluding hydrogens is 405 g/mol. The van der Waals surface area contributed by atoms with Gasteiger partial charge in [-0.05, 0) is 41.0 Å². The number of fused-ring (bicyclic) bond motifs is 1. The number of halogens is 3. The number of carbonyl (C=O) groups excluding carboxylic acids is 2. The summed E-state index contributed by atoms with van der Waals surface area (Å²) in [6.07, 6.45) is -3.45. The number of hydrogen-bond donors (Lipinski definition) is 0. The molecule has 7 heteroatoms. The van der Waals surface area contributed by atoms with E-state index in [1.165, 1.54) is 21.9 Å². The fourth-order valence-electron chi connectivity index (χ4n) is 3.88. The Balaban J connectivity index is 1.68. The van der Waals surface area contributed by atoms with Crippen molar-refractivity contribution in [1.82, 2.24) is 4.90 Å². The predicted octanol–water partition coefficient (Wildman–Crippen LogP) is 5.01. The van der Waals surface area contributed by atoms with Gasteiger partial charge in [0.25, 0.3) is 0 Å². The molecule has 4 nitrogen and oxygen atoms in total. The largest absolute Gasteiger partial charge is 0.416 e. The van der Waals surface area contributed by atoms with Crippen LogP contribution in [-0.2, 0) is 22.2 Å². The molecule has 1 heterocycles. The Hall–Kier alpha value is -3.35. The third kappa shape index (κ3) is 4.55. The Kier molecular flexibility index (Phi) is 5.67. The highest BCUT2D eigenvalue weighted by Gasteiger charge is 2.32. The van der Waals surface area contributed by atoms with E-state index in [-0.39, 0.29) is 30.6 Å². The summed E-state index contributed by atoms with van der Waals surface area (Å²) in [5.74, 6) is -0.467. The van der Waals surface area contributed by atoms with E-state index in [1.807, 2.05) is 42.5 Å². The van der Waals surface area contributed by atoms with E-state index in [9.17, 15) is 22.8 Å². The summed E-state index contributed by atoms with van der Waals surface area (Å²) in [4.78, 5) is 28.2. The number of benzene rings is 3. The van der Waals surface area contributed by atoms with Crippen LogP contribution < -0.4 is 4.90 Å². The van der Waals surface area contributed by atoms with Gasteiger partial charge in [-0.25, -0.2) is 0 Å². The molecule has 0 bridgehead atoms. The number of nitrogens with zero attached hydrogens (tertiary/aromatic N) is 2. The van der Waals surface area contributed by atoms with Crippen molar-refractivity contribution in [3.8, 4) is 0 Å². The van der Waals surface area contributed by atoms with Gasteiger partial charge in [0, 0.05) is 18.7 Å². The van der Waals surface area contributed by atoms with E-state index < -0.39 is 11.7 Å². The molecule has 1 aliphatic heterocycles. The molecule has 31 heavy (non-hydrogen) atoms. The molecule has 0 atom stereocenters. The van der Waals surface area contributed by atoms with Crippen molar-refractivity contribution in [2.75, 3.05) is 18.1 Å². The van der Waals surface area contributed by atoms with Gasteiger partial charge in [0.05, 0.1) is 12.0 Å². The smallest absolute Gasteiger partial charge is 0.324 e. The number of alkyl halides is 3. The lowest BCUT2D eigenvalue weighted by Crippen LogP contribution is -2.43. The third-order valence-electron chi connectivity index (χ3n) is 5.49. The molecule has 2 amide bonds. The van der Waals surface area contributed by atoms with Crippen molar-refractivity contribution in [2.45, 2.75) is 25.4 Å². The van der Waals surface area contributed by atoms with E-state index in [1.54, 1.807) is 0 Å².